The fourth-order valence-electron chi connectivity index (χ4n) is 2.47. The smallest absolute Gasteiger partial charge is 0.00746 e. The Morgan fingerprint density at radius 3 is 1.94 bits per heavy atom. The van der Waals surface area contributed by atoms with E-state index in [1.165, 1.54) is 32.0 Å². The highest BCUT2D eigenvalue weighted by Gasteiger charge is 2.16. The number of hydrogen-bond acceptors (Lipinski definition) is 1. The van der Waals surface area contributed by atoms with Crippen LogP contribution >= 0.6 is 11.3 Å². The maximum Gasteiger partial charge on any atom is 0.00746 e. The highest BCUT2D eigenvalue weighted by atomic mass is 32.1. The summed E-state index contributed by atoms with van der Waals surface area (Å²) in [7, 11) is 0. The van der Waals surface area contributed by atoms with Gasteiger partial charge in [-0.2, -0.15) is 0 Å². The molecule has 0 N–H and O–H groups in total. The van der Waals surface area contributed by atoms with E-state index in [1.807, 2.05) is 11.3 Å². The minimum absolute atomic E-state index is 0.501. The molecule has 90 valence electrons. The fourth-order valence-corrected chi connectivity index (χ4v) is 3.63. The molecule has 0 fully saturated rings. The van der Waals surface area contributed by atoms with E-state index in [9.17, 15) is 0 Å². The van der Waals surface area contributed by atoms with E-state index in [0.29, 0.717) is 5.92 Å². The molecule has 2 rings (SSSR count). The van der Waals surface area contributed by atoms with Crippen LogP contribution in [0, 0.1) is 27.7 Å². The average Bonchev–Trinajstić information content (AvgIpc) is 2.53. The molecule has 0 nitrogen and oxygen atoms in total. The Bertz CT molecular complexity index is 517. The summed E-state index contributed by atoms with van der Waals surface area (Å²) >= 11 is 1.92. The molecule has 0 saturated carbocycles. The van der Waals surface area contributed by atoms with Crippen LogP contribution in [0.1, 0.15) is 44.8 Å². The Kier molecular flexibility index (Phi) is 3.39. The van der Waals surface area contributed by atoms with E-state index >= 15 is 0 Å². The Morgan fingerprint density at radius 2 is 1.47 bits per heavy atom. The lowest BCUT2D eigenvalue weighted by Crippen LogP contribution is -1.98. The van der Waals surface area contributed by atoms with E-state index < -0.39 is 0 Å². The van der Waals surface area contributed by atoms with Gasteiger partial charge >= 0.3 is 0 Å². The molecular formula is C16H20S. The van der Waals surface area contributed by atoms with E-state index in [2.05, 4.69) is 58.9 Å². The second-order valence-electron chi connectivity index (χ2n) is 4.89. The number of aryl methyl sites for hydroxylation is 3. The van der Waals surface area contributed by atoms with Gasteiger partial charge in [-0.25, -0.2) is 0 Å². The van der Waals surface area contributed by atoms with Crippen LogP contribution in [0.3, 0.4) is 0 Å². The molecule has 2 aromatic rings. The van der Waals surface area contributed by atoms with Crippen molar-refractivity contribution < 1.29 is 0 Å². The van der Waals surface area contributed by atoms with Gasteiger partial charge < -0.3 is 0 Å². The predicted octanol–water partition coefficient (Wildman–Crippen LogP) is 5.13. The molecule has 0 radical (unpaired) electrons. The largest absolute Gasteiger partial charge is 0.145 e. The summed E-state index contributed by atoms with van der Waals surface area (Å²) in [5.41, 5.74) is 5.74. The van der Waals surface area contributed by atoms with Crippen molar-refractivity contribution in [1.29, 1.82) is 0 Å². The third-order valence-electron chi connectivity index (χ3n) is 3.63. The highest BCUT2D eigenvalue weighted by Crippen LogP contribution is 2.35. The number of rotatable bonds is 2. The third kappa shape index (κ3) is 2.30. The number of thiophene rings is 1. The SMILES string of the molecule is Cc1ccc(C(C)c2c(C)sc(C)c2C)cc1. The van der Waals surface area contributed by atoms with Gasteiger partial charge in [0.15, 0.2) is 0 Å². The molecule has 1 unspecified atom stereocenters. The predicted molar refractivity (Wildman–Crippen MR) is 77.2 cm³/mol. The Balaban J connectivity index is 2.43. The molecule has 1 heterocycles. The lowest BCUT2D eigenvalue weighted by atomic mass is 9.90. The van der Waals surface area contributed by atoms with Gasteiger partial charge in [-0.05, 0) is 44.4 Å². The van der Waals surface area contributed by atoms with E-state index in [-0.39, 0.29) is 0 Å². The zero-order valence-electron chi connectivity index (χ0n) is 11.3. The van der Waals surface area contributed by atoms with Gasteiger partial charge in [0.25, 0.3) is 0 Å². The van der Waals surface area contributed by atoms with Crippen molar-refractivity contribution in [3.63, 3.8) is 0 Å². The van der Waals surface area contributed by atoms with Gasteiger partial charge in [-0.3, -0.25) is 0 Å². The maximum absolute atomic E-state index is 2.31. The van der Waals surface area contributed by atoms with Gasteiger partial charge in [0.1, 0.15) is 0 Å². The molecule has 1 heteroatoms. The number of hydrogen-bond donors (Lipinski definition) is 0. The minimum Gasteiger partial charge on any atom is -0.145 e. The molecule has 0 aliphatic carbocycles. The lowest BCUT2D eigenvalue weighted by molar-refractivity contribution is 0.906. The molecular weight excluding hydrogens is 224 g/mol. The monoisotopic (exact) mass is 244 g/mol. The van der Waals surface area contributed by atoms with E-state index in [0.717, 1.165) is 0 Å². The first-order valence-electron chi connectivity index (χ1n) is 6.13. The van der Waals surface area contributed by atoms with Crippen molar-refractivity contribution in [3.05, 3.63) is 56.3 Å². The summed E-state index contributed by atoms with van der Waals surface area (Å²) in [6, 6.07) is 8.92. The lowest BCUT2D eigenvalue weighted by Gasteiger charge is -2.14. The first-order chi connectivity index (χ1) is 8.00. The van der Waals surface area contributed by atoms with Crippen molar-refractivity contribution >= 4 is 11.3 Å². The van der Waals surface area contributed by atoms with Crippen LogP contribution < -0.4 is 0 Å². The standard InChI is InChI=1S/C16H20S/c1-10-6-8-15(9-7-10)12(3)16-11(2)13(4)17-14(16)5/h6-9,12H,1-5H3. The van der Waals surface area contributed by atoms with Crippen LogP contribution in [-0.4, -0.2) is 0 Å². The fraction of sp³-hybridized carbons (Fsp3) is 0.375. The molecule has 0 aliphatic heterocycles. The normalized spacial score (nSPS) is 12.8. The Labute approximate surface area is 108 Å². The van der Waals surface area contributed by atoms with E-state index in [1.54, 1.807) is 0 Å². The van der Waals surface area contributed by atoms with Crippen molar-refractivity contribution in [2.24, 2.45) is 0 Å². The van der Waals surface area contributed by atoms with Gasteiger partial charge in [-0.1, -0.05) is 36.8 Å². The molecule has 0 aliphatic rings. The van der Waals surface area contributed by atoms with Crippen LogP contribution in [0.4, 0.5) is 0 Å². The zero-order chi connectivity index (χ0) is 12.6. The molecule has 1 atom stereocenters. The van der Waals surface area contributed by atoms with E-state index in [4.69, 9.17) is 0 Å². The molecule has 0 spiro atoms. The van der Waals surface area contributed by atoms with Crippen molar-refractivity contribution in [3.8, 4) is 0 Å². The summed E-state index contributed by atoms with van der Waals surface area (Å²) < 4.78 is 0. The van der Waals surface area contributed by atoms with Gasteiger partial charge in [-0.15, -0.1) is 11.3 Å². The minimum atomic E-state index is 0.501. The molecule has 0 amide bonds. The second-order valence-corrected chi connectivity index (χ2v) is 6.31. The van der Waals surface area contributed by atoms with Gasteiger partial charge in [0.05, 0.1) is 0 Å². The van der Waals surface area contributed by atoms with Crippen LogP contribution in [0.25, 0.3) is 0 Å². The summed E-state index contributed by atoms with van der Waals surface area (Å²) in [4.78, 5) is 2.92. The van der Waals surface area contributed by atoms with Crippen molar-refractivity contribution in [1.82, 2.24) is 0 Å². The van der Waals surface area contributed by atoms with Gasteiger partial charge in [0, 0.05) is 15.7 Å². The van der Waals surface area contributed by atoms with Gasteiger partial charge in [0.2, 0.25) is 0 Å². The molecule has 1 aromatic carbocycles. The van der Waals surface area contributed by atoms with Crippen LogP contribution in [0.2, 0.25) is 0 Å². The summed E-state index contributed by atoms with van der Waals surface area (Å²) in [5, 5.41) is 0. The van der Waals surface area contributed by atoms with Crippen molar-refractivity contribution in [2.45, 2.75) is 40.5 Å². The summed E-state index contributed by atoms with van der Waals surface area (Å²) in [5.74, 6) is 0.501. The zero-order valence-corrected chi connectivity index (χ0v) is 12.1. The molecule has 0 saturated heterocycles. The van der Waals surface area contributed by atoms with Crippen molar-refractivity contribution in [2.75, 3.05) is 0 Å². The topological polar surface area (TPSA) is 0 Å². The molecule has 17 heavy (non-hydrogen) atoms. The Morgan fingerprint density at radius 1 is 0.882 bits per heavy atom. The summed E-state index contributed by atoms with van der Waals surface area (Å²) in [6.07, 6.45) is 0. The second kappa shape index (κ2) is 4.66. The highest BCUT2D eigenvalue weighted by molar-refractivity contribution is 7.12. The third-order valence-corrected chi connectivity index (χ3v) is 4.77. The molecule has 0 bridgehead atoms. The Hall–Kier alpha value is -1.08. The summed E-state index contributed by atoms with van der Waals surface area (Å²) in [6.45, 7) is 11.2. The first-order valence-corrected chi connectivity index (χ1v) is 6.95. The van der Waals surface area contributed by atoms with Crippen LogP contribution in [0.5, 0.6) is 0 Å². The maximum atomic E-state index is 2.31. The first kappa shape index (κ1) is 12.4. The number of benzene rings is 1. The van der Waals surface area contributed by atoms with Crippen LogP contribution in [-0.2, 0) is 0 Å². The molecule has 1 aromatic heterocycles. The quantitative estimate of drug-likeness (QED) is 0.686. The van der Waals surface area contributed by atoms with Crippen LogP contribution in [0.15, 0.2) is 24.3 Å². The average molecular weight is 244 g/mol.